The highest BCUT2D eigenvalue weighted by Crippen LogP contribution is 2.24. The number of hydrogen-bond acceptors (Lipinski definition) is 3. The van der Waals surface area contributed by atoms with Gasteiger partial charge in [-0.25, -0.2) is 0 Å². The lowest BCUT2D eigenvalue weighted by atomic mass is 9.98. The molecule has 0 aliphatic heterocycles. The van der Waals surface area contributed by atoms with E-state index in [0.29, 0.717) is 5.69 Å². The zero-order valence-electron chi connectivity index (χ0n) is 10.3. The molecule has 18 heavy (non-hydrogen) atoms. The van der Waals surface area contributed by atoms with Crippen LogP contribution >= 0.6 is 0 Å². The molecule has 0 spiro atoms. The Bertz CT molecular complexity index is 538. The first-order chi connectivity index (χ1) is 8.77. The number of nitrogens with two attached hydrogens (primary N) is 1. The number of rotatable bonds is 4. The van der Waals surface area contributed by atoms with Crippen molar-refractivity contribution in [3.63, 3.8) is 0 Å². The van der Waals surface area contributed by atoms with Crippen LogP contribution in [0.4, 0.5) is 0 Å². The molecule has 2 aromatic heterocycles. The Kier molecular flexibility index (Phi) is 3.75. The van der Waals surface area contributed by atoms with Gasteiger partial charge in [-0.2, -0.15) is 5.26 Å². The molecule has 0 bridgehead atoms. The molecular formula is C14H16N4. The van der Waals surface area contributed by atoms with Crippen molar-refractivity contribution in [2.75, 3.05) is 0 Å². The maximum absolute atomic E-state index is 9.13. The van der Waals surface area contributed by atoms with Crippen LogP contribution in [0.5, 0.6) is 0 Å². The fourth-order valence-corrected chi connectivity index (χ4v) is 2.13. The third-order valence-electron chi connectivity index (χ3n) is 3.12. The van der Waals surface area contributed by atoms with Crippen molar-refractivity contribution in [2.45, 2.75) is 25.4 Å². The smallest absolute Gasteiger partial charge is 0.120 e. The van der Waals surface area contributed by atoms with Gasteiger partial charge in [0.2, 0.25) is 0 Å². The Hall–Kier alpha value is -2.12. The second-order valence-electron chi connectivity index (χ2n) is 4.21. The maximum atomic E-state index is 9.13. The van der Waals surface area contributed by atoms with Gasteiger partial charge in [0.25, 0.3) is 0 Å². The molecule has 0 aliphatic rings. The quantitative estimate of drug-likeness (QED) is 0.889. The summed E-state index contributed by atoms with van der Waals surface area (Å²) >= 11 is 0. The second kappa shape index (κ2) is 5.48. The van der Waals surface area contributed by atoms with Gasteiger partial charge in [0, 0.05) is 24.6 Å². The predicted molar refractivity (Wildman–Crippen MR) is 69.8 cm³/mol. The van der Waals surface area contributed by atoms with Crippen molar-refractivity contribution in [1.82, 2.24) is 9.55 Å². The van der Waals surface area contributed by atoms with Gasteiger partial charge in [-0.3, -0.25) is 4.98 Å². The van der Waals surface area contributed by atoms with Gasteiger partial charge in [-0.05, 0) is 36.2 Å². The lowest BCUT2D eigenvalue weighted by molar-refractivity contribution is 0.457. The third-order valence-corrected chi connectivity index (χ3v) is 3.12. The minimum absolute atomic E-state index is 0.0253. The summed E-state index contributed by atoms with van der Waals surface area (Å²) < 4.78 is 1.93. The van der Waals surface area contributed by atoms with E-state index in [0.717, 1.165) is 12.0 Å². The van der Waals surface area contributed by atoms with Crippen LogP contribution in [0.15, 0.2) is 42.9 Å². The van der Waals surface area contributed by atoms with E-state index in [1.807, 2.05) is 29.0 Å². The number of nitrogens with zero attached hydrogens (tertiary/aromatic N) is 3. The second-order valence-corrected chi connectivity index (χ2v) is 4.21. The highest BCUT2D eigenvalue weighted by atomic mass is 15.0. The topological polar surface area (TPSA) is 67.6 Å². The summed E-state index contributed by atoms with van der Waals surface area (Å²) in [6, 6.07) is 9.70. The normalized spacial score (nSPS) is 13.8. The summed E-state index contributed by atoms with van der Waals surface area (Å²) in [5.74, 6) is 0. The van der Waals surface area contributed by atoms with Gasteiger partial charge < -0.3 is 10.3 Å². The molecule has 2 rings (SSSR count). The molecule has 2 unspecified atom stereocenters. The van der Waals surface area contributed by atoms with Crippen molar-refractivity contribution in [3.05, 3.63) is 54.1 Å². The van der Waals surface area contributed by atoms with Crippen LogP contribution in [0.3, 0.4) is 0 Å². The summed E-state index contributed by atoms with van der Waals surface area (Å²) in [6.45, 7) is 2.05. The average molecular weight is 240 g/mol. The van der Waals surface area contributed by atoms with E-state index in [4.69, 9.17) is 11.0 Å². The molecular weight excluding hydrogens is 224 g/mol. The van der Waals surface area contributed by atoms with Crippen LogP contribution in [0.1, 0.15) is 30.6 Å². The average Bonchev–Trinajstić information content (AvgIpc) is 2.88. The summed E-state index contributed by atoms with van der Waals surface area (Å²) in [4.78, 5) is 4.02. The molecule has 4 nitrogen and oxygen atoms in total. The number of nitriles is 1. The first kappa shape index (κ1) is 12.3. The standard InChI is InChI=1S/C14H16N4/c1-2-13(16)14(11-5-7-17-8-6-11)18-9-3-4-12(18)10-15/h3-9,13-14H,2,16H2,1H3. The van der Waals surface area contributed by atoms with Gasteiger partial charge in [0.05, 0.1) is 6.04 Å². The SMILES string of the molecule is CCC(N)C(c1ccncc1)n1cccc1C#N. The van der Waals surface area contributed by atoms with E-state index in [1.54, 1.807) is 18.5 Å². The summed E-state index contributed by atoms with van der Waals surface area (Å²) in [6.07, 6.45) is 6.25. The Morgan fingerprint density at radius 2 is 2.11 bits per heavy atom. The number of pyridine rings is 1. The summed E-state index contributed by atoms with van der Waals surface area (Å²) in [5.41, 5.74) is 7.92. The van der Waals surface area contributed by atoms with E-state index in [-0.39, 0.29) is 12.1 Å². The Morgan fingerprint density at radius 3 is 2.72 bits per heavy atom. The molecule has 0 aliphatic carbocycles. The van der Waals surface area contributed by atoms with Crippen LogP contribution in [0, 0.1) is 11.3 Å². The third kappa shape index (κ3) is 2.27. The first-order valence-corrected chi connectivity index (χ1v) is 6.00. The van der Waals surface area contributed by atoms with Gasteiger partial charge in [0.15, 0.2) is 0 Å². The zero-order valence-corrected chi connectivity index (χ0v) is 10.3. The van der Waals surface area contributed by atoms with Gasteiger partial charge in [-0.15, -0.1) is 0 Å². The van der Waals surface area contributed by atoms with E-state index >= 15 is 0 Å². The fraction of sp³-hybridized carbons (Fsp3) is 0.286. The monoisotopic (exact) mass is 240 g/mol. The van der Waals surface area contributed by atoms with Gasteiger partial charge >= 0.3 is 0 Å². The van der Waals surface area contributed by atoms with Crippen molar-refractivity contribution in [2.24, 2.45) is 5.73 Å². The zero-order chi connectivity index (χ0) is 13.0. The minimum Gasteiger partial charge on any atom is -0.330 e. The van der Waals surface area contributed by atoms with E-state index in [1.165, 1.54) is 0 Å². The van der Waals surface area contributed by atoms with Gasteiger partial charge in [0.1, 0.15) is 11.8 Å². The van der Waals surface area contributed by atoms with E-state index < -0.39 is 0 Å². The van der Waals surface area contributed by atoms with Crippen LogP contribution in [0.25, 0.3) is 0 Å². The van der Waals surface area contributed by atoms with E-state index in [2.05, 4.69) is 18.0 Å². The van der Waals surface area contributed by atoms with Crippen molar-refractivity contribution < 1.29 is 0 Å². The Balaban J connectivity index is 2.48. The van der Waals surface area contributed by atoms with Crippen molar-refractivity contribution >= 4 is 0 Å². The Labute approximate surface area is 107 Å². The van der Waals surface area contributed by atoms with E-state index in [9.17, 15) is 0 Å². The van der Waals surface area contributed by atoms with Crippen LogP contribution in [0.2, 0.25) is 0 Å². The van der Waals surface area contributed by atoms with Gasteiger partial charge in [-0.1, -0.05) is 6.92 Å². The largest absolute Gasteiger partial charge is 0.330 e. The molecule has 0 saturated carbocycles. The van der Waals surface area contributed by atoms with Crippen LogP contribution in [-0.4, -0.2) is 15.6 Å². The fourth-order valence-electron chi connectivity index (χ4n) is 2.13. The molecule has 2 atom stereocenters. The van der Waals surface area contributed by atoms with Crippen molar-refractivity contribution in [3.8, 4) is 6.07 Å². The lowest BCUT2D eigenvalue weighted by Gasteiger charge is -2.25. The Morgan fingerprint density at radius 1 is 1.39 bits per heavy atom. The number of hydrogen-bond donors (Lipinski definition) is 1. The first-order valence-electron chi connectivity index (χ1n) is 6.00. The predicted octanol–water partition coefficient (Wildman–Crippen LogP) is 2.08. The highest BCUT2D eigenvalue weighted by Gasteiger charge is 2.21. The van der Waals surface area contributed by atoms with Crippen LogP contribution < -0.4 is 5.73 Å². The molecule has 2 heterocycles. The summed E-state index contributed by atoms with van der Waals surface area (Å²) in [7, 11) is 0. The molecule has 0 aromatic carbocycles. The minimum atomic E-state index is -0.0353. The molecule has 4 heteroatoms. The van der Waals surface area contributed by atoms with Crippen LogP contribution in [-0.2, 0) is 0 Å². The maximum Gasteiger partial charge on any atom is 0.120 e. The molecule has 0 saturated heterocycles. The molecule has 2 N–H and O–H groups in total. The molecule has 0 radical (unpaired) electrons. The number of aromatic nitrogens is 2. The highest BCUT2D eigenvalue weighted by molar-refractivity contribution is 5.28. The summed E-state index contributed by atoms with van der Waals surface area (Å²) in [5, 5.41) is 9.13. The lowest BCUT2D eigenvalue weighted by Crippen LogP contribution is -2.32. The molecule has 0 fully saturated rings. The van der Waals surface area contributed by atoms with Crippen molar-refractivity contribution in [1.29, 1.82) is 5.26 Å². The molecule has 0 amide bonds. The molecule has 2 aromatic rings. The molecule has 92 valence electrons.